The van der Waals surface area contributed by atoms with E-state index >= 15 is 0 Å². The molecule has 1 fully saturated rings. The van der Waals surface area contributed by atoms with Crippen LogP contribution in [0.15, 0.2) is 29.2 Å². The monoisotopic (exact) mass is 250 g/mol. The SMILES string of the molecule is CSc1ccccc1C1(C(=O)O)CCCCC1. The topological polar surface area (TPSA) is 37.3 Å². The molecule has 0 aromatic heterocycles. The van der Waals surface area contributed by atoms with E-state index < -0.39 is 11.4 Å². The second kappa shape index (κ2) is 5.13. The van der Waals surface area contributed by atoms with Gasteiger partial charge in [0.25, 0.3) is 0 Å². The molecular formula is C14H18O2S. The molecule has 1 aliphatic rings. The van der Waals surface area contributed by atoms with Crippen molar-refractivity contribution in [1.82, 2.24) is 0 Å². The summed E-state index contributed by atoms with van der Waals surface area (Å²) in [7, 11) is 0. The van der Waals surface area contributed by atoms with Crippen LogP contribution in [0.25, 0.3) is 0 Å². The third-order valence-electron chi connectivity index (χ3n) is 3.74. The Kier molecular flexibility index (Phi) is 3.77. The van der Waals surface area contributed by atoms with E-state index in [9.17, 15) is 9.90 Å². The molecule has 1 aliphatic carbocycles. The van der Waals surface area contributed by atoms with Crippen LogP contribution in [-0.4, -0.2) is 17.3 Å². The van der Waals surface area contributed by atoms with Crippen LogP contribution in [0.3, 0.4) is 0 Å². The molecular weight excluding hydrogens is 232 g/mol. The number of aliphatic carboxylic acids is 1. The Morgan fingerprint density at radius 3 is 2.47 bits per heavy atom. The van der Waals surface area contributed by atoms with Crippen molar-refractivity contribution in [3.8, 4) is 0 Å². The zero-order valence-electron chi connectivity index (χ0n) is 10.1. The number of carbonyl (C=O) groups is 1. The van der Waals surface area contributed by atoms with Crippen molar-refractivity contribution < 1.29 is 9.90 Å². The van der Waals surface area contributed by atoms with Gasteiger partial charge < -0.3 is 5.11 Å². The van der Waals surface area contributed by atoms with Gasteiger partial charge in [-0.2, -0.15) is 0 Å². The van der Waals surface area contributed by atoms with Crippen LogP contribution in [0, 0.1) is 0 Å². The van der Waals surface area contributed by atoms with Crippen LogP contribution in [0.2, 0.25) is 0 Å². The van der Waals surface area contributed by atoms with Crippen molar-refractivity contribution in [2.45, 2.75) is 42.4 Å². The highest BCUT2D eigenvalue weighted by molar-refractivity contribution is 7.98. The molecule has 2 rings (SSSR count). The summed E-state index contributed by atoms with van der Waals surface area (Å²) < 4.78 is 0. The van der Waals surface area contributed by atoms with E-state index in [0.29, 0.717) is 0 Å². The summed E-state index contributed by atoms with van der Waals surface area (Å²) in [6, 6.07) is 7.95. The summed E-state index contributed by atoms with van der Waals surface area (Å²) in [5, 5.41) is 9.65. The number of carboxylic acids is 1. The molecule has 17 heavy (non-hydrogen) atoms. The Morgan fingerprint density at radius 2 is 1.88 bits per heavy atom. The van der Waals surface area contributed by atoms with Crippen molar-refractivity contribution >= 4 is 17.7 Å². The Hall–Kier alpha value is -0.960. The first-order valence-electron chi connectivity index (χ1n) is 6.07. The second-order valence-electron chi connectivity index (χ2n) is 4.65. The predicted octanol–water partition coefficient (Wildman–Crippen LogP) is 3.70. The molecule has 1 saturated carbocycles. The average Bonchev–Trinajstić information content (AvgIpc) is 2.39. The molecule has 0 unspecified atom stereocenters. The van der Waals surface area contributed by atoms with Gasteiger partial charge in [0.05, 0.1) is 5.41 Å². The smallest absolute Gasteiger partial charge is 0.314 e. The first-order chi connectivity index (χ1) is 8.20. The van der Waals surface area contributed by atoms with Gasteiger partial charge >= 0.3 is 5.97 Å². The van der Waals surface area contributed by atoms with E-state index in [0.717, 1.165) is 42.6 Å². The van der Waals surface area contributed by atoms with E-state index in [-0.39, 0.29) is 0 Å². The van der Waals surface area contributed by atoms with Gasteiger partial charge in [-0.3, -0.25) is 4.79 Å². The second-order valence-corrected chi connectivity index (χ2v) is 5.50. The van der Waals surface area contributed by atoms with E-state index in [2.05, 4.69) is 0 Å². The molecule has 2 nitrogen and oxygen atoms in total. The summed E-state index contributed by atoms with van der Waals surface area (Å²) in [6.45, 7) is 0. The molecule has 0 atom stereocenters. The third kappa shape index (κ3) is 2.21. The van der Waals surface area contributed by atoms with Gasteiger partial charge in [-0.1, -0.05) is 37.5 Å². The highest BCUT2D eigenvalue weighted by Gasteiger charge is 2.42. The van der Waals surface area contributed by atoms with Gasteiger partial charge in [0.2, 0.25) is 0 Å². The standard InChI is InChI=1S/C14H18O2S/c1-17-12-8-4-3-7-11(12)14(13(15)16)9-5-2-6-10-14/h3-4,7-8H,2,5-6,9-10H2,1H3,(H,15,16). The lowest BCUT2D eigenvalue weighted by Crippen LogP contribution is -2.38. The van der Waals surface area contributed by atoms with Crippen molar-refractivity contribution in [2.75, 3.05) is 6.26 Å². The molecule has 1 aromatic carbocycles. The fraction of sp³-hybridized carbons (Fsp3) is 0.500. The number of thioether (sulfide) groups is 1. The fourth-order valence-corrected chi connectivity index (χ4v) is 3.49. The van der Waals surface area contributed by atoms with Crippen LogP contribution < -0.4 is 0 Å². The molecule has 1 N–H and O–H groups in total. The van der Waals surface area contributed by atoms with Gasteiger partial charge in [-0.05, 0) is 30.7 Å². The molecule has 0 radical (unpaired) electrons. The molecule has 0 amide bonds. The van der Waals surface area contributed by atoms with Crippen molar-refractivity contribution in [1.29, 1.82) is 0 Å². The minimum atomic E-state index is -0.654. The van der Waals surface area contributed by atoms with Gasteiger partial charge in [0.15, 0.2) is 0 Å². The van der Waals surface area contributed by atoms with Gasteiger partial charge in [0, 0.05) is 4.90 Å². The van der Waals surface area contributed by atoms with Crippen molar-refractivity contribution in [2.24, 2.45) is 0 Å². The lowest BCUT2D eigenvalue weighted by molar-refractivity contribution is -0.145. The maximum atomic E-state index is 11.7. The van der Waals surface area contributed by atoms with Crippen LogP contribution in [0.4, 0.5) is 0 Å². The Bertz CT molecular complexity index is 408. The number of hydrogen-bond acceptors (Lipinski definition) is 2. The van der Waals surface area contributed by atoms with Gasteiger partial charge in [-0.25, -0.2) is 0 Å². The third-order valence-corrected chi connectivity index (χ3v) is 4.53. The molecule has 0 heterocycles. The predicted molar refractivity (Wildman–Crippen MR) is 70.6 cm³/mol. The van der Waals surface area contributed by atoms with Gasteiger partial charge in [0.1, 0.15) is 0 Å². The fourth-order valence-electron chi connectivity index (χ4n) is 2.79. The van der Waals surface area contributed by atoms with E-state index in [1.165, 1.54) is 0 Å². The van der Waals surface area contributed by atoms with Crippen LogP contribution in [-0.2, 0) is 10.2 Å². The number of hydrogen-bond donors (Lipinski definition) is 1. The molecule has 0 bridgehead atoms. The highest BCUT2D eigenvalue weighted by atomic mass is 32.2. The quantitative estimate of drug-likeness (QED) is 0.831. The lowest BCUT2D eigenvalue weighted by atomic mass is 9.69. The minimum Gasteiger partial charge on any atom is -0.481 e. The number of benzene rings is 1. The molecule has 0 spiro atoms. The maximum Gasteiger partial charge on any atom is 0.314 e. The maximum absolute atomic E-state index is 11.7. The largest absolute Gasteiger partial charge is 0.481 e. The summed E-state index contributed by atoms with van der Waals surface area (Å²) in [5.41, 5.74) is 0.373. The summed E-state index contributed by atoms with van der Waals surface area (Å²) >= 11 is 1.64. The van der Waals surface area contributed by atoms with E-state index in [1.807, 2.05) is 30.5 Å². The first-order valence-corrected chi connectivity index (χ1v) is 7.30. The van der Waals surface area contributed by atoms with E-state index in [4.69, 9.17) is 0 Å². The zero-order chi connectivity index (χ0) is 12.3. The molecule has 0 aliphatic heterocycles. The Balaban J connectivity index is 2.48. The molecule has 3 heteroatoms. The lowest BCUT2D eigenvalue weighted by Gasteiger charge is -2.34. The number of carboxylic acid groups (broad SMARTS) is 1. The summed E-state index contributed by atoms with van der Waals surface area (Å²) in [4.78, 5) is 12.8. The van der Waals surface area contributed by atoms with Crippen LogP contribution >= 0.6 is 11.8 Å². The molecule has 1 aromatic rings. The van der Waals surface area contributed by atoms with Gasteiger partial charge in [-0.15, -0.1) is 11.8 Å². The first kappa shape index (κ1) is 12.5. The molecule has 0 saturated heterocycles. The van der Waals surface area contributed by atoms with Crippen molar-refractivity contribution in [3.63, 3.8) is 0 Å². The van der Waals surface area contributed by atoms with Crippen LogP contribution in [0.5, 0.6) is 0 Å². The summed E-state index contributed by atoms with van der Waals surface area (Å²) in [5.74, 6) is -0.654. The summed E-state index contributed by atoms with van der Waals surface area (Å²) in [6.07, 6.45) is 6.78. The Morgan fingerprint density at radius 1 is 1.24 bits per heavy atom. The molecule has 92 valence electrons. The average molecular weight is 250 g/mol. The highest BCUT2D eigenvalue weighted by Crippen LogP contribution is 2.43. The zero-order valence-corrected chi connectivity index (χ0v) is 10.9. The Labute approximate surface area is 106 Å². The van der Waals surface area contributed by atoms with Crippen molar-refractivity contribution in [3.05, 3.63) is 29.8 Å². The normalized spacial score (nSPS) is 18.9. The minimum absolute atomic E-state index is 0.641. The van der Waals surface area contributed by atoms with E-state index in [1.54, 1.807) is 11.8 Å². The number of rotatable bonds is 3. The van der Waals surface area contributed by atoms with Crippen LogP contribution in [0.1, 0.15) is 37.7 Å².